The van der Waals surface area contributed by atoms with Crippen LogP contribution in [-0.2, 0) is 37.4 Å². The predicted octanol–water partition coefficient (Wildman–Crippen LogP) is 7.38. The topological polar surface area (TPSA) is 232 Å². The molecule has 0 fully saturated rings. The van der Waals surface area contributed by atoms with Gasteiger partial charge in [0.1, 0.15) is 55.4 Å². The lowest BCUT2D eigenvalue weighted by Gasteiger charge is -2.37. The molecule has 1 aromatic carbocycles. The number of aliphatic imine (C=N–C) groups is 2. The summed E-state index contributed by atoms with van der Waals surface area (Å²) in [5.74, 6) is -4.31. The number of hydrogen-bond acceptors (Lipinski definition) is 15. The molecule has 22 heteroatoms. The molecule has 0 amide bonds. The molecule has 0 bridgehead atoms. The van der Waals surface area contributed by atoms with Crippen LogP contribution in [0.4, 0.5) is 17.6 Å². The van der Waals surface area contributed by atoms with Gasteiger partial charge in [-0.2, -0.15) is 8.78 Å². The number of nitrogens with two attached hydrogens (primary N) is 2. The van der Waals surface area contributed by atoms with Gasteiger partial charge in [0, 0.05) is 23.5 Å². The number of sulfone groups is 2. The molecule has 7 rings (SSSR count). The van der Waals surface area contributed by atoms with E-state index in [0.29, 0.717) is 0 Å². The zero-order valence-electron chi connectivity index (χ0n) is 35.8. The van der Waals surface area contributed by atoms with Gasteiger partial charge >= 0.3 is 0 Å². The van der Waals surface area contributed by atoms with Gasteiger partial charge in [-0.15, -0.1) is 0 Å². The number of pyridine rings is 2. The Kier molecular flexibility index (Phi) is 14.6. The van der Waals surface area contributed by atoms with Crippen LogP contribution in [0.1, 0.15) is 88.2 Å². The van der Waals surface area contributed by atoms with Gasteiger partial charge in [-0.1, -0.05) is 49.4 Å². The minimum absolute atomic E-state index is 0. The fraction of sp³-hybridized carbons (Fsp3) is 0.318. The number of nitrogens with zero attached hydrogens (tertiary/aromatic N) is 8. The maximum Gasteiger partial charge on any atom is 0.232 e. The highest BCUT2D eigenvalue weighted by Crippen LogP contribution is 2.39. The number of aromatic nitrogens is 6. The zero-order valence-corrected chi connectivity index (χ0v) is 38.2. The standard InChI is InChI=1S/C25H25F2N5O3S.C18H18ClF2N5O2S.CH4/c1-24(2)23(28)32-25(3,15-36(24,33)34)18-9-17(11-31-22(18)27)10-19(26)20-12-30-21(13-29-20)35-14-16-7-5-4-6-8-16;1-17(2)16(22)26-18(3,9-29(17,27)28)11-4-10(6-25-15(11)21)5-12(20)13-7-24-14(19)8-23-13;/h4-13H,14-15H2,1-3H3,(H2,28,32);4-8H,9H2,1-3H3,(H2,22,26);1H4/b19-10-;12-5-;/t25-;18-;/m00./s1. The van der Waals surface area contributed by atoms with Crippen LogP contribution in [-0.4, -0.2) is 79.4 Å². The lowest BCUT2D eigenvalue weighted by Crippen LogP contribution is -2.55. The molecule has 5 aromatic rings. The third-order valence-electron chi connectivity index (χ3n) is 10.9. The summed E-state index contributed by atoms with van der Waals surface area (Å²) in [6.45, 7) is 8.97. The quantitative estimate of drug-likeness (QED) is 0.109. The molecular formula is C44H47ClF4N10O5S2. The first-order chi connectivity index (χ1) is 30.3. The number of benzene rings is 1. The predicted molar refractivity (Wildman–Crippen MR) is 247 cm³/mol. The van der Waals surface area contributed by atoms with Crippen LogP contribution in [0.3, 0.4) is 0 Å². The van der Waals surface area contributed by atoms with Crippen molar-refractivity contribution in [2.45, 2.75) is 76.1 Å². The van der Waals surface area contributed by atoms with E-state index in [0.717, 1.165) is 36.3 Å². The van der Waals surface area contributed by atoms with Gasteiger partial charge in [0.25, 0.3) is 0 Å². The largest absolute Gasteiger partial charge is 0.472 e. The molecule has 350 valence electrons. The maximum atomic E-state index is 14.9. The second-order valence-electron chi connectivity index (χ2n) is 16.5. The molecule has 2 aliphatic rings. The van der Waals surface area contributed by atoms with Gasteiger partial charge in [0.2, 0.25) is 17.8 Å². The van der Waals surface area contributed by atoms with E-state index >= 15 is 0 Å². The number of rotatable bonds is 9. The van der Waals surface area contributed by atoms with E-state index in [-0.39, 0.29) is 70.4 Å². The van der Waals surface area contributed by atoms with Crippen molar-refractivity contribution in [3.05, 3.63) is 136 Å². The average Bonchev–Trinajstić information content (AvgIpc) is 3.23. The van der Waals surface area contributed by atoms with Crippen molar-refractivity contribution < 1.29 is 39.1 Å². The van der Waals surface area contributed by atoms with Gasteiger partial charge in [-0.25, -0.2) is 55.5 Å². The molecule has 0 aliphatic carbocycles. The summed E-state index contributed by atoms with van der Waals surface area (Å²) >= 11 is 5.63. The van der Waals surface area contributed by atoms with Crippen LogP contribution >= 0.6 is 11.6 Å². The number of amidine groups is 2. The highest BCUT2D eigenvalue weighted by atomic mass is 35.5. The Labute approximate surface area is 385 Å². The van der Waals surface area contributed by atoms with Gasteiger partial charge in [-0.05, 0) is 82.5 Å². The summed E-state index contributed by atoms with van der Waals surface area (Å²) in [6, 6.07) is 12.1. The van der Waals surface area contributed by atoms with Gasteiger partial charge in [0.05, 0.1) is 36.3 Å². The van der Waals surface area contributed by atoms with E-state index in [1.54, 1.807) is 0 Å². The van der Waals surface area contributed by atoms with Crippen molar-refractivity contribution >= 4 is 66.8 Å². The maximum absolute atomic E-state index is 14.9. The number of hydrogen-bond donors (Lipinski definition) is 2. The SMILES string of the molecule is C.CC1(C)C(N)=N[C@](C)(c2cc(/C=C(\F)c3cnc(Cl)cn3)cnc2F)CS1(=O)=O.CC1(C)C(N)=N[C@](C)(c2cc(/C=C(\F)c3cnc(OCc4ccccc4)cn3)cnc2F)CS1(=O)=O. The van der Waals surface area contributed by atoms with Gasteiger partial charge in [-0.3, -0.25) is 9.98 Å². The minimum atomic E-state index is -3.76. The first-order valence-corrected chi connectivity index (χ1v) is 23.1. The Bertz CT molecular complexity index is 2980. The first kappa shape index (κ1) is 50.8. The Morgan fingerprint density at radius 1 is 0.667 bits per heavy atom. The summed E-state index contributed by atoms with van der Waals surface area (Å²) in [4.78, 5) is 31.5. The Hall–Kier alpha value is -6.19. The highest BCUT2D eigenvalue weighted by molar-refractivity contribution is 7.94. The van der Waals surface area contributed by atoms with Gasteiger partial charge in [0.15, 0.2) is 31.3 Å². The van der Waals surface area contributed by atoms with Crippen LogP contribution in [0.5, 0.6) is 5.88 Å². The Morgan fingerprint density at radius 2 is 1.11 bits per heavy atom. The fourth-order valence-corrected chi connectivity index (χ4v) is 9.99. The molecule has 6 heterocycles. The minimum Gasteiger partial charge on any atom is -0.472 e. The second kappa shape index (κ2) is 19.0. The average molecular weight is 972 g/mol. The smallest absolute Gasteiger partial charge is 0.232 e. The Morgan fingerprint density at radius 3 is 1.50 bits per heavy atom. The summed E-state index contributed by atoms with van der Waals surface area (Å²) in [5.41, 5.74) is 9.77. The van der Waals surface area contributed by atoms with Crippen molar-refractivity contribution in [1.29, 1.82) is 0 Å². The van der Waals surface area contributed by atoms with E-state index in [1.165, 1.54) is 72.3 Å². The lowest BCUT2D eigenvalue weighted by molar-refractivity contribution is 0.292. The van der Waals surface area contributed by atoms with Crippen molar-refractivity contribution in [2.75, 3.05) is 11.5 Å². The summed E-state index contributed by atoms with van der Waals surface area (Å²) in [7, 11) is -7.49. The van der Waals surface area contributed by atoms with Crippen LogP contribution in [0.25, 0.3) is 23.8 Å². The fourth-order valence-electron chi connectivity index (χ4n) is 6.52. The van der Waals surface area contributed by atoms with E-state index in [2.05, 4.69) is 39.9 Å². The molecule has 0 saturated heterocycles. The molecule has 0 unspecified atom stereocenters. The van der Waals surface area contributed by atoms with Crippen molar-refractivity contribution in [1.82, 2.24) is 29.9 Å². The second-order valence-corrected chi connectivity index (χ2v) is 22.0. The molecule has 0 radical (unpaired) electrons. The normalized spacial score (nSPS) is 21.8. The molecule has 2 atom stereocenters. The highest BCUT2D eigenvalue weighted by Gasteiger charge is 2.51. The molecule has 0 saturated carbocycles. The van der Waals surface area contributed by atoms with Crippen LogP contribution < -0.4 is 16.2 Å². The van der Waals surface area contributed by atoms with Crippen LogP contribution in [0.15, 0.2) is 89.6 Å². The first-order valence-electron chi connectivity index (χ1n) is 19.5. The molecule has 66 heavy (non-hydrogen) atoms. The molecular weight excluding hydrogens is 924 g/mol. The van der Waals surface area contributed by atoms with E-state index in [4.69, 9.17) is 27.8 Å². The molecule has 0 spiro atoms. The van der Waals surface area contributed by atoms with E-state index in [9.17, 15) is 34.4 Å². The molecule has 2 aliphatic heterocycles. The summed E-state index contributed by atoms with van der Waals surface area (Å²) in [5, 5.41) is 0.108. The third kappa shape index (κ3) is 10.6. The van der Waals surface area contributed by atoms with Crippen LogP contribution in [0.2, 0.25) is 5.15 Å². The molecule has 4 N–H and O–H groups in total. The number of ether oxygens (including phenoxy) is 1. The van der Waals surface area contributed by atoms with Gasteiger partial charge < -0.3 is 16.2 Å². The van der Waals surface area contributed by atoms with Crippen LogP contribution in [0, 0.1) is 11.9 Å². The van der Waals surface area contributed by atoms with Crippen molar-refractivity contribution in [3.8, 4) is 5.88 Å². The number of halogens is 5. The van der Waals surface area contributed by atoms with E-state index in [1.807, 2.05) is 30.3 Å². The Balaban J connectivity index is 0.000000249. The van der Waals surface area contributed by atoms with E-state index < -0.39 is 75.3 Å². The third-order valence-corrected chi connectivity index (χ3v) is 16.5. The molecule has 15 nitrogen and oxygen atoms in total. The zero-order chi connectivity index (χ0) is 47.8. The summed E-state index contributed by atoms with van der Waals surface area (Å²) in [6.07, 6.45) is 9.26. The lowest BCUT2D eigenvalue weighted by atomic mass is 9.93. The monoisotopic (exact) mass is 970 g/mol. The molecule has 4 aromatic heterocycles. The summed E-state index contributed by atoms with van der Waals surface area (Å²) < 4.78 is 112. The van der Waals surface area contributed by atoms with Crippen molar-refractivity contribution in [2.24, 2.45) is 21.5 Å². The van der Waals surface area contributed by atoms with Crippen molar-refractivity contribution in [3.63, 3.8) is 0 Å².